The van der Waals surface area contributed by atoms with Gasteiger partial charge < -0.3 is 10.1 Å². The van der Waals surface area contributed by atoms with Crippen molar-refractivity contribution in [1.82, 2.24) is 19.7 Å². The smallest absolute Gasteiger partial charge is 0.183 e. The van der Waals surface area contributed by atoms with E-state index in [0.717, 1.165) is 67.3 Å². The number of morpholine rings is 1. The molecule has 0 bridgehead atoms. The summed E-state index contributed by atoms with van der Waals surface area (Å²) in [4.78, 5) is 8.28. The maximum absolute atomic E-state index is 5.42. The Labute approximate surface area is 182 Å². The Kier molecular flexibility index (Phi) is 6.82. The van der Waals surface area contributed by atoms with Crippen molar-refractivity contribution in [1.29, 1.82) is 0 Å². The van der Waals surface area contributed by atoms with Gasteiger partial charge in [-0.05, 0) is 30.0 Å². The van der Waals surface area contributed by atoms with Crippen LogP contribution in [0.3, 0.4) is 0 Å². The molecule has 1 aromatic carbocycles. The molecule has 2 aromatic heterocycles. The molecule has 0 radical (unpaired) electrons. The van der Waals surface area contributed by atoms with Crippen LogP contribution in [0.4, 0.5) is 5.13 Å². The molecule has 160 valence electrons. The van der Waals surface area contributed by atoms with Crippen molar-refractivity contribution in [2.24, 2.45) is 0 Å². The number of ether oxygens (including phenoxy) is 1. The van der Waals surface area contributed by atoms with Crippen molar-refractivity contribution < 1.29 is 4.74 Å². The fourth-order valence-electron chi connectivity index (χ4n) is 3.58. The summed E-state index contributed by atoms with van der Waals surface area (Å²) < 4.78 is 7.45. The first-order valence-electron chi connectivity index (χ1n) is 10.7. The zero-order valence-corrected chi connectivity index (χ0v) is 18.9. The predicted molar refractivity (Wildman–Crippen MR) is 123 cm³/mol. The molecule has 0 unspecified atom stereocenters. The van der Waals surface area contributed by atoms with Gasteiger partial charge in [0.15, 0.2) is 5.13 Å². The lowest BCUT2D eigenvalue weighted by molar-refractivity contribution is 0.0360. The van der Waals surface area contributed by atoms with Gasteiger partial charge in [-0.2, -0.15) is 5.10 Å². The molecule has 0 aliphatic carbocycles. The molecule has 0 spiro atoms. The molecule has 0 amide bonds. The number of nitrogens with zero attached hydrogens (tertiary/aromatic N) is 4. The number of aromatic nitrogens is 3. The Morgan fingerprint density at radius 1 is 1.10 bits per heavy atom. The Morgan fingerprint density at radius 3 is 2.60 bits per heavy atom. The van der Waals surface area contributed by atoms with Crippen LogP contribution in [0, 0.1) is 6.92 Å². The van der Waals surface area contributed by atoms with Crippen molar-refractivity contribution in [3.63, 3.8) is 0 Å². The lowest BCUT2D eigenvalue weighted by Gasteiger charge is -2.26. The number of nitrogens with one attached hydrogen (secondary N) is 1. The number of rotatable bonds is 8. The first-order chi connectivity index (χ1) is 14.6. The van der Waals surface area contributed by atoms with E-state index in [2.05, 4.69) is 67.5 Å². The fraction of sp³-hybridized carbons (Fsp3) is 0.478. The van der Waals surface area contributed by atoms with Gasteiger partial charge in [0.05, 0.1) is 30.3 Å². The van der Waals surface area contributed by atoms with E-state index >= 15 is 0 Å². The Balaban J connectivity index is 1.34. The highest BCUT2D eigenvalue weighted by atomic mass is 32.1. The average Bonchev–Trinajstić information content (AvgIpc) is 3.38. The van der Waals surface area contributed by atoms with Gasteiger partial charge >= 0.3 is 0 Å². The van der Waals surface area contributed by atoms with Crippen LogP contribution in [0.2, 0.25) is 0 Å². The van der Waals surface area contributed by atoms with Gasteiger partial charge in [0.2, 0.25) is 0 Å². The van der Waals surface area contributed by atoms with Gasteiger partial charge in [-0.25, -0.2) is 4.98 Å². The minimum atomic E-state index is 0.560. The molecule has 1 aliphatic heterocycles. The first-order valence-corrected chi connectivity index (χ1v) is 11.5. The van der Waals surface area contributed by atoms with E-state index in [0.29, 0.717) is 5.92 Å². The van der Waals surface area contributed by atoms with Crippen LogP contribution in [0.25, 0.3) is 10.6 Å². The van der Waals surface area contributed by atoms with Crippen molar-refractivity contribution in [2.45, 2.75) is 39.8 Å². The second kappa shape index (κ2) is 9.73. The molecule has 4 rings (SSSR count). The number of hydrogen-bond donors (Lipinski definition) is 1. The predicted octanol–water partition coefficient (Wildman–Crippen LogP) is 4.38. The van der Waals surface area contributed by atoms with Crippen molar-refractivity contribution >= 4 is 16.5 Å². The number of benzene rings is 1. The standard InChI is InChI=1S/C23H31N5OS/c1-17(2)20-6-4-19(5-7-20)16-24-23-25-18(3)22(30-23)21-8-9-28(26-21)11-10-27-12-14-29-15-13-27/h4-9,17H,10-16H2,1-3H3,(H,24,25). The Morgan fingerprint density at radius 2 is 1.87 bits per heavy atom. The van der Waals surface area contributed by atoms with Gasteiger partial charge in [0.1, 0.15) is 5.69 Å². The normalized spacial score (nSPS) is 15.1. The van der Waals surface area contributed by atoms with Crippen molar-refractivity contribution in [3.8, 4) is 10.6 Å². The fourth-order valence-corrected chi connectivity index (χ4v) is 4.51. The van der Waals surface area contributed by atoms with Gasteiger partial charge in [-0.3, -0.25) is 9.58 Å². The van der Waals surface area contributed by atoms with Gasteiger partial charge in [0.25, 0.3) is 0 Å². The summed E-state index contributed by atoms with van der Waals surface area (Å²) in [6.07, 6.45) is 2.07. The maximum atomic E-state index is 5.42. The van der Waals surface area contributed by atoms with Crippen LogP contribution in [0.15, 0.2) is 36.5 Å². The summed E-state index contributed by atoms with van der Waals surface area (Å²) in [6.45, 7) is 12.9. The summed E-state index contributed by atoms with van der Waals surface area (Å²) in [5, 5.41) is 9.20. The molecule has 1 N–H and O–H groups in total. The van der Waals surface area contributed by atoms with E-state index in [-0.39, 0.29) is 0 Å². The monoisotopic (exact) mass is 425 g/mol. The minimum Gasteiger partial charge on any atom is -0.379 e. The third kappa shape index (κ3) is 5.28. The molecule has 7 heteroatoms. The van der Waals surface area contributed by atoms with Crippen molar-refractivity contribution in [2.75, 3.05) is 38.2 Å². The number of aryl methyl sites for hydroxylation is 1. The largest absolute Gasteiger partial charge is 0.379 e. The summed E-state index contributed by atoms with van der Waals surface area (Å²) >= 11 is 1.67. The molecular formula is C23H31N5OS. The highest BCUT2D eigenvalue weighted by Gasteiger charge is 2.14. The average molecular weight is 426 g/mol. The van der Waals surface area contributed by atoms with Gasteiger partial charge in [-0.15, -0.1) is 0 Å². The Bertz CT molecular complexity index is 941. The number of thiazole rings is 1. The lowest BCUT2D eigenvalue weighted by atomic mass is 10.0. The molecule has 1 fully saturated rings. The van der Waals surface area contributed by atoms with E-state index in [1.807, 2.05) is 4.68 Å². The molecular weight excluding hydrogens is 394 g/mol. The van der Waals surface area contributed by atoms with Crippen LogP contribution in [-0.4, -0.2) is 52.5 Å². The van der Waals surface area contributed by atoms with Crippen LogP contribution in [-0.2, 0) is 17.8 Å². The van der Waals surface area contributed by atoms with E-state index in [1.165, 1.54) is 11.1 Å². The third-order valence-electron chi connectivity index (χ3n) is 5.51. The molecule has 0 atom stereocenters. The summed E-state index contributed by atoms with van der Waals surface area (Å²) in [5.41, 5.74) is 4.66. The van der Waals surface area contributed by atoms with E-state index in [9.17, 15) is 0 Å². The topological polar surface area (TPSA) is 55.2 Å². The highest BCUT2D eigenvalue weighted by Crippen LogP contribution is 2.31. The molecule has 0 saturated carbocycles. The summed E-state index contributed by atoms with van der Waals surface area (Å²) in [5.74, 6) is 0.560. The van der Waals surface area contributed by atoms with E-state index in [4.69, 9.17) is 14.8 Å². The van der Waals surface area contributed by atoms with Crippen LogP contribution in [0.5, 0.6) is 0 Å². The first kappa shape index (κ1) is 21.0. The molecule has 3 heterocycles. The molecule has 1 aliphatic rings. The van der Waals surface area contributed by atoms with Crippen molar-refractivity contribution in [3.05, 3.63) is 53.3 Å². The molecule has 1 saturated heterocycles. The lowest BCUT2D eigenvalue weighted by Crippen LogP contribution is -2.38. The highest BCUT2D eigenvalue weighted by molar-refractivity contribution is 7.19. The van der Waals surface area contributed by atoms with Crippen LogP contribution >= 0.6 is 11.3 Å². The van der Waals surface area contributed by atoms with Gasteiger partial charge in [0, 0.05) is 32.4 Å². The molecule has 6 nitrogen and oxygen atoms in total. The molecule has 30 heavy (non-hydrogen) atoms. The van der Waals surface area contributed by atoms with Crippen LogP contribution < -0.4 is 5.32 Å². The Hall–Kier alpha value is -2.22. The number of hydrogen-bond acceptors (Lipinski definition) is 6. The third-order valence-corrected chi connectivity index (χ3v) is 6.65. The minimum absolute atomic E-state index is 0.560. The SMILES string of the molecule is Cc1nc(NCc2ccc(C(C)C)cc2)sc1-c1ccn(CCN2CCOCC2)n1. The molecule has 3 aromatic rings. The van der Waals surface area contributed by atoms with Crippen LogP contribution in [0.1, 0.15) is 36.6 Å². The van der Waals surface area contributed by atoms with Gasteiger partial charge in [-0.1, -0.05) is 49.4 Å². The maximum Gasteiger partial charge on any atom is 0.183 e. The summed E-state index contributed by atoms with van der Waals surface area (Å²) in [7, 11) is 0. The zero-order valence-electron chi connectivity index (χ0n) is 18.1. The quantitative estimate of drug-likeness (QED) is 0.580. The van der Waals surface area contributed by atoms with E-state index in [1.54, 1.807) is 11.3 Å². The van der Waals surface area contributed by atoms with E-state index < -0.39 is 0 Å². The second-order valence-electron chi connectivity index (χ2n) is 8.10. The summed E-state index contributed by atoms with van der Waals surface area (Å²) in [6, 6.07) is 10.9. The second-order valence-corrected chi connectivity index (χ2v) is 9.10. The zero-order chi connectivity index (χ0) is 20.9. The number of anilines is 1.